The van der Waals surface area contributed by atoms with Crippen molar-refractivity contribution in [3.05, 3.63) is 30.3 Å². The molecular formula is C16H22N2O3. The first-order valence-electron chi connectivity index (χ1n) is 7.12. The van der Waals surface area contributed by atoms with E-state index < -0.39 is 11.3 Å². The average Bonchev–Trinajstić information content (AvgIpc) is 2.57. The van der Waals surface area contributed by atoms with Gasteiger partial charge in [-0.15, -0.1) is 0 Å². The number of hydrogen-bond donors (Lipinski definition) is 0. The number of nitrogens with zero attached hydrogens (tertiary/aromatic N) is 2. The van der Waals surface area contributed by atoms with Crippen molar-refractivity contribution in [2.45, 2.75) is 45.9 Å². The van der Waals surface area contributed by atoms with Gasteiger partial charge in [0.05, 0.1) is 0 Å². The van der Waals surface area contributed by atoms with E-state index in [-0.39, 0.29) is 11.9 Å². The van der Waals surface area contributed by atoms with Gasteiger partial charge in [0.25, 0.3) is 11.6 Å². The molecule has 1 heterocycles. The third-order valence-corrected chi connectivity index (χ3v) is 3.54. The van der Waals surface area contributed by atoms with E-state index in [1.54, 1.807) is 26.0 Å². The van der Waals surface area contributed by atoms with Crippen LogP contribution in [0.3, 0.4) is 0 Å². The van der Waals surface area contributed by atoms with Crippen LogP contribution in [-0.4, -0.2) is 39.5 Å². The summed E-state index contributed by atoms with van der Waals surface area (Å²) >= 11 is 0. The van der Waals surface area contributed by atoms with Crippen LogP contribution in [0.25, 0.3) is 0 Å². The molecule has 0 N–H and O–H groups in total. The molecule has 21 heavy (non-hydrogen) atoms. The fourth-order valence-corrected chi connectivity index (χ4v) is 2.75. The van der Waals surface area contributed by atoms with Crippen LogP contribution in [0.15, 0.2) is 30.3 Å². The monoisotopic (exact) mass is 290 g/mol. The van der Waals surface area contributed by atoms with E-state index in [4.69, 9.17) is 4.74 Å². The van der Waals surface area contributed by atoms with Crippen molar-refractivity contribution < 1.29 is 14.3 Å². The highest BCUT2D eigenvalue weighted by Gasteiger charge is 2.59. The predicted molar refractivity (Wildman–Crippen MR) is 79.9 cm³/mol. The van der Waals surface area contributed by atoms with Crippen LogP contribution >= 0.6 is 0 Å². The molecule has 0 saturated carbocycles. The first kappa shape index (κ1) is 15.4. The fraction of sp³-hybridized carbons (Fsp3) is 0.500. The van der Waals surface area contributed by atoms with Crippen LogP contribution in [0.2, 0.25) is 0 Å². The van der Waals surface area contributed by atoms with Crippen molar-refractivity contribution in [2.24, 2.45) is 0 Å². The zero-order valence-electron chi connectivity index (χ0n) is 13.2. The first-order valence-corrected chi connectivity index (χ1v) is 7.12. The minimum atomic E-state index is -1.33. The summed E-state index contributed by atoms with van der Waals surface area (Å²) < 4.78 is 5.93. The van der Waals surface area contributed by atoms with Gasteiger partial charge in [-0.3, -0.25) is 14.6 Å². The second-order valence-corrected chi connectivity index (χ2v) is 6.24. The molecule has 1 unspecified atom stereocenters. The van der Waals surface area contributed by atoms with Crippen molar-refractivity contribution >= 4 is 11.9 Å². The summed E-state index contributed by atoms with van der Waals surface area (Å²) in [5.41, 5.74) is -1.85. The Kier molecular flexibility index (Phi) is 3.70. The molecule has 0 aromatic heterocycles. The van der Waals surface area contributed by atoms with Crippen molar-refractivity contribution in [3.63, 3.8) is 0 Å². The molecule has 1 atom stereocenters. The number of ether oxygens (including phenoxy) is 1. The van der Waals surface area contributed by atoms with Gasteiger partial charge in [0, 0.05) is 19.0 Å². The normalized spacial score (nSPS) is 22.9. The first-order chi connectivity index (χ1) is 9.71. The van der Waals surface area contributed by atoms with Gasteiger partial charge in [-0.2, -0.15) is 0 Å². The lowest BCUT2D eigenvalue weighted by molar-refractivity contribution is -0.150. The Morgan fingerprint density at radius 2 is 1.71 bits per heavy atom. The van der Waals surface area contributed by atoms with Gasteiger partial charge in [0.1, 0.15) is 5.75 Å². The number of hydrogen-bond acceptors (Lipinski definition) is 3. The summed E-state index contributed by atoms with van der Waals surface area (Å²) in [6, 6.07) is 8.78. The minimum absolute atomic E-state index is 0.312. The summed E-state index contributed by atoms with van der Waals surface area (Å²) in [5.74, 6) is 0.238. The highest BCUT2D eigenvalue weighted by molar-refractivity contribution is 6.06. The zero-order chi connectivity index (χ0) is 15.8. The molecule has 3 amide bonds. The lowest BCUT2D eigenvalue weighted by Crippen LogP contribution is -2.59. The Morgan fingerprint density at radius 3 is 2.19 bits per heavy atom. The van der Waals surface area contributed by atoms with Gasteiger partial charge in [-0.1, -0.05) is 18.2 Å². The Labute approximate surface area is 125 Å². The lowest BCUT2D eigenvalue weighted by Gasteiger charge is -2.40. The largest absolute Gasteiger partial charge is 0.459 e. The van der Waals surface area contributed by atoms with E-state index in [0.29, 0.717) is 12.3 Å². The molecule has 1 aliphatic rings. The molecule has 1 aromatic carbocycles. The summed E-state index contributed by atoms with van der Waals surface area (Å²) in [7, 11) is 0. The van der Waals surface area contributed by atoms with Gasteiger partial charge in [-0.05, 0) is 39.8 Å². The second kappa shape index (κ2) is 5.06. The molecule has 2 rings (SSSR count). The van der Waals surface area contributed by atoms with Crippen LogP contribution in [0.4, 0.5) is 4.79 Å². The predicted octanol–water partition coefficient (Wildman–Crippen LogP) is 2.86. The number of likely N-dealkylation sites (N-methyl/N-ethyl adjacent to an activating group) is 1. The number of para-hydroxylation sites is 1. The quantitative estimate of drug-likeness (QED) is 0.804. The van der Waals surface area contributed by atoms with Gasteiger partial charge in [0.15, 0.2) is 0 Å². The van der Waals surface area contributed by atoms with Gasteiger partial charge in [0.2, 0.25) is 0 Å². The van der Waals surface area contributed by atoms with Crippen molar-refractivity contribution in [2.75, 3.05) is 6.54 Å². The fourth-order valence-electron chi connectivity index (χ4n) is 2.75. The molecule has 1 aliphatic heterocycles. The van der Waals surface area contributed by atoms with E-state index in [1.807, 2.05) is 39.0 Å². The van der Waals surface area contributed by atoms with E-state index >= 15 is 0 Å². The number of imide groups is 1. The number of amides is 3. The van der Waals surface area contributed by atoms with Crippen LogP contribution < -0.4 is 4.74 Å². The maximum absolute atomic E-state index is 12.7. The van der Waals surface area contributed by atoms with Crippen LogP contribution in [-0.2, 0) is 4.79 Å². The molecule has 1 fully saturated rings. The van der Waals surface area contributed by atoms with E-state index in [1.165, 1.54) is 9.80 Å². The van der Waals surface area contributed by atoms with Gasteiger partial charge < -0.3 is 4.74 Å². The summed E-state index contributed by atoms with van der Waals surface area (Å²) in [5, 5.41) is 0. The maximum Gasteiger partial charge on any atom is 0.330 e. The molecule has 0 radical (unpaired) electrons. The molecule has 0 bridgehead atoms. The van der Waals surface area contributed by atoms with Crippen LogP contribution in [0.5, 0.6) is 5.75 Å². The third-order valence-electron chi connectivity index (χ3n) is 3.54. The number of carbonyl (C=O) groups is 2. The molecule has 1 saturated heterocycles. The molecule has 0 spiro atoms. The highest BCUT2D eigenvalue weighted by atomic mass is 16.5. The molecule has 0 aliphatic carbocycles. The summed E-state index contributed by atoms with van der Waals surface area (Å²) in [4.78, 5) is 28.0. The number of benzene rings is 1. The Balaban J connectivity index is 2.46. The van der Waals surface area contributed by atoms with E-state index in [2.05, 4.69) is 0 Å². The Bertz CT molecular complexity index is 550. The SMILES string of the molecule is CCN1C(=O)N(C(C)(C)C)C(C)(Oc2ccccc2)C1=O. The van der Waals surface area contributed by atoms with Gasteiger partial charge >= 0.3 is 6.03 Å². The van der Waals surface area contributed by atoms with E-state index in [0.717, 1.165) is 0 Å². The zero-order valence-corrected chi connectivity index (χ0v) is 13.2. The molecule has 1 aromatic rings. The Hall–Kier alpha value is -2.04. The third kappa shape index (κ3) is 2.48. The van der Waals surface area contributed by atoms with Crippen molar-refractivity contribution in [3.8, 4) is 5.75 Å². The number of carbonyl (C=O) groups excluding carboxylic acids is 2. The standard InChI is InChI=1S/C16H22N2O3/c1-6-17-13(19)16(5,18(14(17)20)15(2,3)4)21-12-10-8-7-9-11-12/h7-11H,6H2,1-5H3. The summed E-state index contributed by atoms with van der Waals surface area (Å²) in [6.07, 6.45) is 0. The van der Waals surface area contributed by atoms with E-state index in [9.17, 15) is 9.59 Å². The lowest BCUT2D eigenvalue weighted by atomic mass is 10.0. The van der Waals surface area contributed by atoms with Crippen molar-refractivity contribution in [1.29, 1.82) is 0 Å². The minimum Gasteiger partial charge on any atom is -0.459 e. The van der Waals surface area contributed by atoms with Crippen molar-refractivity contribution in [1.82, 2.24) is 9.80 Å². The topological polar surface area (TPSA) is 49.9 Å². The molecule has 5 heteroatoms. The molecular weight excluding hydrogens is 268 g/mol. The second-order valence-electron chi connectivity index (χ2n) is 6.24. The average molecular weight is 290 g/mol. The highest BCUT2D eigenvalue weighted by Crippen LogP contribution is 2.36. The summed E-state index contributed by atoms with van der Waals surface area (Å²) in [6.45, 7) is 9.45. The smallest absolute Gasteiger partial charge is 0.330 e. The van der Waals surface area contributed by atoms with Crippen LogP contribution in [0, 0.1) is 0 Å². The van der Waals surface area contributed by atoms with Gasteiger partial charge in [-0.25, -0.2) is 4.79 Å². The molecule has 114 valence electrons. The number of rotatable bonds is 3. The number of urea groups is 1. The Morgan fingerprint density at radius 1 is 1.14 bits per heavy atom. The maximum atomic E-state index is 12.7. The van der Waals surface area contributed by atoms with Crippen LogP contribution in [0.1, 0.15) is 34.6 Å². The molecule has 5 nitrogen and oxygen atoms in total.